The van der Waals surface area contributed by atoms with E-state index < -0.39 is 0 Å². The molecule has 1 aromatic heterocycles. The lowest BCUT2D eigenvalue weighted by atomic mass is 10.3. The lowest BCUT2D eigenvalue weighted by Gasteiger charge is -2.36. The highest BCUT2D eigenvalue weighted by atomic mass is 15.3. The van der Waals surface area contributed by atoms with Crippen LogP contribution in [-0.4, -0.2) is 42.0 Å². The van der Waals surface area contributed by atoms with Crippen LogP contribution in [0.1, 0.15) is 0 Å². The highest BCUT2D eigenvalue weighted by Crippen LogP contribution is 2.15. The Kier molecular flexibility index (Phi) is 4.00. The Balaban J connectivity index is 1.62. The zero-order chi connectivity index (χ0) is 14.5. The number of nitrogens with two attached hydrogens (primary N) is 1. The summed E-state index contributed by atoms with van der Waals surface area (Å²) in [4.78, 5) is 13.1. The molecule has 21 heavy (non-hydrogen) atoms. The SMILES string of the molecule is NC(=Nc1ccccc1)N1CCN(c2cccnc2)CC1. The molecule has 2 N–H and O–H groups in total. The van der Waals surface area contributed by atoms with Crippen molar-refractivity contribution in [2.45, 2.75) is 0 Å². The van der Waals surface area contributed by atoms with E-state index in [1.165, 1.54) is 0 Å². The largest absolute Gasteiger partial charge is 0.369 e. The monoisotopic (exact) mass is 281 g/mol. The summed E-state index contributed by atoms with van der Waals surface area (Å²) in [6.45, 7) is 3.60. The standard InChI is InChI=1S/C16H19N5/c17-16(19-14-5-2-1-3-6-14)21-11-9-20(10-12-21)15-7-4-8-18-13-15/h1-8,13H,9-12H2,(H2,17,19). The average Bonchev–Trinajstić information content (AvgIpc) is 2.57. The number of piperazine rings is 1. The van der Waals surface area contributed by atoms with Gasteiger partial charge in [0.15, 0.2) is 5.96 Å². The fourth-order valence-electron chi connectivity index (χ4n) is 2.44. The predicted molar refractivity (Wildman–Crippen MR) is 85.7 cm³/mol. The van der Waals surface area contributed by atoms with Gasteiger partial charge in [-0.2, -0.15) is 0 Å². The maximum absolute atomic E-state index is 6.11. The van der Waals surface area contributed by atoms with Gasteiger partial charge in [-0.15, -0.1) is 0 Å². The van der Waals surface area contributed by atoms with Gasteiger partial charge in [-0.3, -0.25) is 4.98 Å². The summed E-state index contributed by atoms with van der Waals surface area (Å²) in [5.74, 6) is 0.590. The van der Waals surface area contributed by atoms with Crippen molar-refractivity contribution in [1.29, 1.82) is 0 Å². The molecule has 0 unspecified atom stereocenters. The molecule has 5 nitrogen and oxygen atoms in total. The molecule has 5 heteroatoms. The van der Waals surface area contributed by atoms with Crippen molar-refractivity contribution in [2.75, 3.05) is 31.1 Å². The van der Waals surface area contributed by atoms with Crippen LogP contribution in [0, 0.1) is 0 Å². The van der Waals surface area contributed by atoms with Gasteiger partial charge in [-0.25, -0.2) is 4.99 Å². The Morgan fingerprint density at radius 2 is 1.76 bits per heavy atom. The van der Waals surface area contributed by atoms with Crippen LogP contribution in [0.4, 0.5) is 11.4 Å². The molecule has 0 spiro atoms. The number of para-hydroxylation sites is 1. The maximum atomic E-state index is 6.11. The van der Waals surface area contributed by atoms with E-state index in [0.717, 1.165) is 37.6 Å². The summed E-state index contributed by atoms with van der Waals surface area (Å²) in [5, 5.41) is 0. The number of aliphatic imine (C=N–C) groups is 1. The summed E-state index contributed by atoms with van der Waals surface area (Å²) in [5.41, 5.74) is 8.17. The minimum atomic E-state index is 0.590. The van der Waals surface area contributed by atoms with Crippen molar-refractivity contribution in [3.8, 4) is 0 Å². The molecule has 1 aliphatic heterocycles. The summed E-state index contributed by atoms with van der Waals surface area (Å²) in [6.07, 6.45) is 3.70. The van der Waals surface area contributed by atoms with Gasteiger partial charge in [-0.1, -0.05) is 18.2 Å². The van der Waals surface area contributed by atoms with Crippen LogP contribution in [0.2, 0.25) is 0 Å². The number of nitrogens with zero attached hydrogens (tertiary/aromatic N) is 4. The number of rotatable bonds is 2. The molecule has 0 saturated carbocycles. The van der Waals surface area contributed by atoms with Gasteiger partial charge in [0.1, 0.15) is 0 Å². The third kappa shape index (κ3) is 3.31. The topological polar surface area (TPSA) is 57.8 Å². The first-order chi connectivity index (χ1) is 10.3. The molecule has 1 fully saturated rings. The Morgan fingerprint density at radius 1 is 1.00 bits per heavy atom. The van der Waals surface area contributed by atoms with E-state index >= 15 is 0 Å². The van der Waals surface area contributed by atoms with E-state index in [-0.39, 0.29) is 0 Å². The first kappa shape index (κ1) is 13.4. The van der Waals surface area contributed by atoms with E-state index in [4.69, 9.17) is 5.73 Å². The van der Waals surface area contributed by atoms with Crippen LogP contribution in [0.15, 0.2) is 59.9 Å². The molecule has 2 heterocycles. The number of benzene rings is 1. The van der Waals surface area contributed by atoms with Crippen LogP contribution >= 0.6 is 0 Å². The second kappa shape index (κ2) is 6.26. The van der Waals surface area contributed by atoms with Crippen LogP contribution in [0.5, 0.6) is 0 Å². The second-order valence-electron chi connectivity index (χ2n) is 4.99. The van der Waals surface area contributed by atoms with Crippen molar-refractivity contribution in [3.05, 3.63) is 54.9 Å². The zero-order valence-electron chi connectivity index (χ0n) is 11.9. The molecule has 0 bridgehead atoms. The quantitative estimate of drug-likeness (QED) is 0.674. The van der Waals surface area contributed by atoms with E-state index in [2.05, 4.69) is 25.8 Å². The number of pyridine rings is 1. The van der Waals surface area contributed by atoms with Crippen LogP contribution in [-0.2, 0) is 0 Å². The normalized spacial score (nSPS) is 16.1. The van der Waals surface area contributed by atoms with Crippen molar-refractivity contribution in [3.63, 3.8) is 0 Å². The van der Waals surface area contributed by atoms with Crippen molar-refractivity contribution >= 4 is 17.3 Å². The van der Waals surface area contributed by atoms with Gasteiger partial charge >= 0.3 is 0 Å². The number of hydrogen-bond acceptors (Lipinski definition) is 3. The molecular formula is C16H19N5. The Hall–Kier alpha value is -2.56. The van der Waals surface area contributed by atoms with Crippen molar-refractivity contribution in [1.82, 2.24) is 9.88 Å². The van der Waals surface area contributed by atoms with Crippen LogP contribution in [0.25, 0.3) is 0 Å². The predicted octanol–water partition coefficient (Wildman–Crippen LogP) is 1.85. The molecule has 3 rings (SSSR count). The molecule has 1 saturated heterocycles. The summed E-state index contributed by atoms with van der Waals surface area (Å²) >= 11 is 0. The fourth-order valence-corrected chi connectivity index (χ4v) is 2.44. The van der Waals surface area contributed by atoms with Crippen LogP contribution in [0.3, 0.4) is 0 Å². The number of anilines is 1. The van der Waals surface area contributed by atoms with E-state index in [9.17, 15) is 0 Å². The molecule has 1 aromatic carbocycles. The number of hydrogen-bond donors (Lipinski definition) is 1. The highest BCUT2D eigenvalue weighted by Gasteiger charge is 2.18. The summed E-state index contributed by atoms with van der Waals surface area (Å²) in [7, 11) is 0. The minimum absolute atomic E-state index is 0.590. The fraction of sp³-hybridized carbons (Fsp3) is 0.250. The van der Waals surface area contributed by atoms with Crippen molar-refractivity contribution in [2.24, 2.45) is 10.7 Å². The lowest BCUT2D eigenvalue weighted by molar-refractivity contribution is 0.382. The molecule has 0 amide bonds. The maximum Gasteiger partial charge on any atom is 0.196 e. The summed E-state index contributed by atoms with van der Waals surface area (Å²) < 4.78 is 0. The zero-order valence-corrected chi connectivity index (χ0v) is 11.9. The van der Waals surface area contributed by atoms with Gasteiger partial charge in [-0.05, 0) is 24.3 Å². The molecule has 2 aromatic rings. The van der Waals surface area contributed by atoms with E-state index in [1.54, 1.807) is 6.20 Å². The Bertz CT molecular complexity index is 589. The van der Waals surface area contributed by atoms with Gasteiger partial charge in [0.05, 0.1) is 17.6 Å². The molecular weight excluding hydrogens is 262 g/mol. The van der Waals surface area contributed by atoms with Crippen molar-refractivity contribution < 1.29 is 0 Å². The second-order valence-corrected chi connectivity index (χ2v) is 4.99. The first-order valence-corrected chi connectivity index (χ1v) is 7.12. The third-order valence-corrected chi connectivity index (χ3v) is 3.61. The van der Waals surface area contributed by atoms with Gasteiger partial charge in [0.25, 0.3) is 0 Å². The van der Waals surface area contributed by atoms with Crippen LogP contribution < -0.4 is 10.6 Å². The Labute approximate surface area is 124 Å². The minimum Gasteiger partial charge on any atom is -0.369 e. The molecule has 0 aliphatic carbocycles. The van der Waals surface area contributed by atoms with Gasteiger partial charge in [0, 0.05) is 32.4 Å². The summed E-state index contributed by atoms with van der Waals surface area (Å²) in [6, 6.07) is 13.9. The van der Waals surface area contributed by atoms with E-state index in [0.29, 0.717) is 5.96 Å². The lowest BCUT2D eigenvalue weighted by Crippen LogP contribution is -2.51. The Morgan fingerprint density at radius 3 is 2.43 bits per heavy atom. The highest BCUT2D eigenvalue weighted by molar-refractivity contribution is 5.81. The third-order valence-electron chi connectivity index (χ3n) is 3.61. The van der Waals surface area contributed by atoms with E-state index in [1.807, 2.05) is 42.6 Å². The average molecular weight is 281 g/mol. The molecule has 0 atom stereocenters. The molecule has 0 radical (unpaired) electrons. The van der Waals surface area contributed by atoms with Gasteiger partial charge < -0.3 is 15.5 Å². The molecule has 108 valence electrons. The smallest absolute Gasteiger partial charge is 0.196 e. The number of aromatic nitrogens is 1. The first-order valence-electron chi connectivity index (χ1n) is 7.12. The number of guanidine groups is 1. The molecule has 1 aliphatic rings. The van der Waals surface area contributed by atoms with Gasteiger partial charge in [0.2, 0.25) is 0 Å².